The van der Waals surface area contributed by atoms with Gasteiger partial charge in [-0.25, -0.2) is 8.78 Å². The average molecular weight is 477 g/mol. The summed E-state index contributed by atoms with van der Waals surface area (Å²) in [5.41, 5.74) is 2.91. The highest BCUT2D eigenvalue weighted by molar-refractivity contribution is 5.94. The zero-order valence-electron chi connectivity index (χ0n) is 20.3. The summed E-state index contributed by atoms with van der Waals surface area (Å²) in [6, 6.07) is 5.45. The zero-order chi connectivity index (χ0) is 24.5. The fraction of sp³-hybridized carbons (Fsp3) is 0.600. The van der Waals surface area contributed by atoms with E-state index in [1.165, 1.54) is 0 Å². The monoisotopic (exact) mass is 476 g/mol. The van der Waals surface area contributed by atoms with Gasteiger partial charge in [0, 0.05) is 36.8 Å². The van der Waals surface area contributed by atoms with Crippen LogP contribution in [-0.2, 0) is 4.74 Å². The van der Waals surface area contributed by atoms with E-state index in [0.717, 1.165) is 22.6 Å². The van der Waals surface area contributed by atoms with Crippen molar-refractivity contribution in [3.05, 3.63) is 46.8 Å². The first kappa shape index (κ1) is 24.6. The summed E-state index contributed by atoms with van der Waals surface area (Å²) in [5, 5.41) is 7.17. The van der Waals surface area contributed by atoms with Gasteiger partial charge in [-0.2, -0.15) is 5.10 Å². The molecule has 2 aromatic rings. The smallest absolute Gasteiger partial charge is 0.255 e. The van der Waals surface area contributed by atoms with Crippen molar-refractivity contribution in [3.63, 3.8) is 0 Å². The quantitative estimate of drug-likeness (QED) is 0.679. The highest BCUT2D eigenvalue weighted by atomic mass is 19.3. The summed E-state index contributed by atoms with van der Waals surface area (Å²) in [6.07, 6.45) is 0.705. The lowest BCUT2D eigenvalue weighted by atomic mass is 9.80. The van der Waals surface area contributed by atoms with Crippen molar-refractivity contribution < 1.29 is 23.0 Å². The number of hydrogen-bond acceptors (Lipinski definition) is 5. The van der Waals surface area contributed by atoms with Crippen LogP contribution in [0.4, 0.5) is 8.78 Å². The van der Waals surface area contributed by atoms with Gasteiger partial charge in [0.2, 0.25) is 0 Å². The third-order valence-corrected chi connectivity index (χ3v) is 6.72. The second kappa shape index (κ2) is 10.00. The maximum absolute atomic E-state index is 13.2. The largest absolute Gasteiger partial charge is 0.491 e. The van der Waals surface area contributed by atoms with Crippen LogP contribution < -0.4 is 4.74 Å². The molecule has 1 aromatic carbocycles. The van der Waals surface area contributed by atoms with Crippen LogP contribution in [0, 0.1) is 13.8 Å². The number of amides is 1. The van der Waals surface area contributed by atoms with Crippen molar-refractivity contribution in [2.45, 2.75) is 64.6 Å². The minimum Gasteiger partial charge on any atom is -0.491 e. The highest BCUT2D eigenvalue weighted by Gasteiger charge is 2.45. The fourth-order valence-corrected chi connectivity index (χ4v) is 5.15. The number of nitrogens with one attached hydrogen (secondary N) is 1. The van der Waals surface area contributed by atoms with E-state index >= 15 is 0 Å². The number of alkyl halides is 2. The first-order valence-electron chi connectivity index (χ1n) is 11.9. The molecule has 1 spiro atoms. The number of rotatable bonds is 6. The van der Waals surface area contributed by atoms with E-state index in [1.54, 1.807) is 22.1 Å². The zero-order valence-corrected chi connectivity index (χ0v) is 20.3. The van der Waals surface area contributed by atoms with Crippen LogP contribution in [0.25, 0.3) is 0 Å². The van der Waals surface area contributed by atoms with Gasteiger partial charge < -0.3 is 14.4 Å². The molecule has 0 aliphatic carbocycles. The predicted molar refractivity (Wildman–Crippen MR) is 124 cm³/mol. The molecule has 9 heteroatoms. The number of likely N-dealkylation sites (tertiary alicyclic amines) is 1. The van der Waals surface area contributed by atoms with Gasteiger partial charge >= 0.3 is 0 Å². The molecule has 186 valence electrons. The van der Waals surface area contributed by atoms with E-state index < -0.39 is 12.0 Å². The Bertz CT molecular complexity index is 1000. The molecule has 2 atom stereocenters. The van der Waals surface area contributed by atoms with Crippen LogP contribution in [0.2, 0.25) is 0 Å². The van der Waals surface area contributed by atoms with Gasteiger partial charge in [-0.3, -0.25) is 14.8 Å². The number of hydrogen-bond donors (Lipinski definition) is 1. The lowest BCUT2D eigenvalue weighted by Gasteiger charge is -2.49. The van der Waals surface area contributed by atoms with Crippen LogP contribution in [0.3, 0.4) is 0 Å². The molecule has 34 heavy (non-hydrogen) atoms. The third kappa shape index (κ3) is 5.41. The first-order valence-corrected chi connectivity index (χ1v) is 11.9. The van der Waals surface area contributed by atoms with Crippen LogP contribution in [0.5, 0.6) is 5.75 Å². The minimum atomic E-state index is -2.41. The van der Waals surface area contributed by atoms with Gasteiger partial charge in [-0.15, -0.1) is 0 Å². The maximum Gasteiger partial charge on any atom is 0.255 e. The normalized spacial score (nSPS) is 23.8. The number of benzene rings is 1. The summed E-state index contributed by atoms with van der Waals surface area (Å²) < 4.78 is 38.6. The van der Waals surface area contributed by atoms with Gasteiger partial charge in [0.05, 0.1) is 24.4 Å². The number of nitrogens with zero attached hydrogens (tertiary/aromatic N) is 3. The third-order valence-electron chi connectivity index (χ3n) is 6.72. The summed E-state index contributed by atoms with van der Waals surface area (Å²) in [6.45, 7) is 9.15. The lowest BCUT2D eigenvalue weighted by molar-refractivity contribution is -0.159. The fourth-order valence-electron chi connectivity index (χ4n) is 5.15. The van der Waals surface area contributed by atoms with E-state index in [1.807, 2.05) is 39.8 Å². The Morgan fingerprint density at radius 3 is 2.71 bits per heavy atom. The molecule has 2 fully saturated rings. The van der Waals surface area contributed by atoms with E-state index in [-0.39, 0.29) is 31.2 Å². The molecule has 3 heterocycles. The molecule has 1 amide bonds. The van der Waals surface area contributed by atoms with Gasteiger partial charge in [0.1, 0.15) is 12.5 Å². The second-order valence-electron chi connectivity index (χ2n) is 9.87. The van der Waals surface area contributed by atoms with Crippen LogP contribution >= 0.6 is 0 Å². The topological polar surface area (TPSA) is 70.7 Å². The Morgan fingerprint density at radius 1 is 1.32 bits per heavy atom. The number of H-pyrrole nitrogens is 1. The summed E-state index contributed by atoms with van der Waals surface area (Å²) >= 11 is 0. The van der Waals surface area contributed by atoms with Crippen LogP contribution in [-0.4, -0.2) is 76.9 Å². The second-order valence-corrected chi connectivity index (χ2v) is 9.87. The predicted octanol–water partition coefficient (Wildman–Crippen LogP) is 4.13. The van der Waals surface area contributed by atoms with Gasteiger partial charge in [0.25, 0.3) is 12.3 Å². The van der Waals surface area contributed by atoms with Crippen molar-refractivity contribution in [3.8, 4) is 5.75 Å². The highest BCUT2D eigenvalue weighted by Crippen LogP contribution is 2.39. The standard InChI is InChI=1S/C25H34F2N4O3/c1-16(2)34-21-6-5-19(9-17(21)3)24(32)31-8-7-25(33-15-31)10-20(23-18(4)11-28-29-23)12-30(14-25)13-22(26)27/h5-6,9,11,16,20,22H,7-8,10,12-15H2,1-4H3,(H,28,29). The van der Waals surface area contributed by atoms with E-state index in [2.05, 4.69) is 10.2 Å². The molecule has 2 aliphatic heterocycles. The Morgan fingerprint density at radius 2 is 2.12 bits per heavy atom. The van der Waals surface area contributed by atoms with Crippen LogP contribution in [0.15, 0.2) is 24.4 Å². The number of halogens is 2. The molecule has 0 radical (unpaired) electrons. The summed E-state index contributed by atoms with van der Waals surface area (Å²) in [5.74, 6) is 0.686. The van der Waals surface area contributed by atoms with Crippen LogP contribution in [0.1, 0.15) is 59.8 Å². The van der Waals surface area contributed by atoms with Crippen molar-refractivity contribution in [2.24, 2.45) is 0 Å². The van der Waals surface area contributed by atoms with Crippen molar-refractivity contribution in [1.29, 1.82) is 0 Å². The number of aromatic amines is 1. The maximum atomic E-state index is 13.2. The van der Waals surface area contributed by atoms with Crippen molar-refractivity contribution in [1.82, 2.24) is 20.0 Å². The number of aromatic nitrogens is 2. The molecular formula is C25H34F2N4O3. The SMILES string of the molecule is Cc1cc(C(=O)N2CCC3(CC(c4[nH]ncc4C)CN(CC(F)F)C3)OC2)ccc1OC(C)C. The Labute approximate surface area is 199 Å². The molecule has 2 aliphatic rings. The Balaban J connectivity index is 1.45. The Kier molecular flexibility index (Phi) is 7.23. The number of piperidine rings is 1. The molecule has 1 aromatic heterocycles. The lowest BCUT2D eigenvalue weighted by Crippen LogP contribution is -2.58. The minimum absolute atomic E-state index is 0.0217. The van der Waals surface area contributed by atoms with Crippen molar-refractivity contribution in [2.75, 3.05) is 32.9 Å². The molecule has 2 unspecified atom stereocenters. The Hall–Kier alpha value is -2.52. The molecule has 0 bridgehead atoms. The van der Waals surface area contributed by atoms with E-state index in [0.29, 0.717) is 38.0 Å². The summed E-state index contributed by atoms with van der Waals surface area (Å²) in [7, 11) is 0. The molecule has 2 saturated heterocycles. The number of carbonyl (C=O) groups excluding carboxylic acids is 1. The first-order chi connectivity index (χ1) is 16.2. The molecule has 1 N–H and O–H groups in total. The molecular weight excluding hydrogens is 442 g/mol. The number of aryl methyl sites for hydroxylation is 2. The van der Waals surface area contributed by atoms with E-state index in [4.69, 9.17) is 9.47 Å². The molecule has 0 saturated carbocycles. The van der Waals surface area contributed by atoms with Gasteiger partial charge in [-0.1, -0.05) is 0 Å². The van der Waals surface area contributed by atoms with Gasteiger partial charge in [-0.05, 0) is 69.9 Å². The average Bonchev–Trinajstić information content (AvgIpc) is 3.20. The molecule has 7 nitrogen and oxygen atoms in total. The number of carbonyl (C=O) groups is 1. The van der Waals surface area contributed by atoms with Crippen molar-refractivity contribution >= 4 is 5.91 Å². The molecule has 4 rings (SSSR count). The number of ether oxygens (including phenoxy) is 2. The van der Waals surface area contributed by atoms with E-state index in [9.17, 15) is 13.6 Å². The van der Waals surface area contributed by atoms with Gasteiger partial charge in [0.15, 0.2) is 0 Å². The summed E-state index contributed by atoms with van der Waals surface area (Å²) in [4.78, 5) is 16.6.